The van der Waals surface area contributed by atoms with Gasteiger partial charge in [-0.3, -0.25) is 14.9 Å². The van der Waals surface area contributed by atoms with Crippen LogP contribution in [0.15, 0.2) is 15.7 Å². The van der Waals surface area contributed by atoms with E-state index in [-0.39, 0.29) is 6.04 Å². The predicted molar refractivity (Wildman–Crippen MR) is 65.9 cm³/mol. The van der Waals surface area contributed by atoms with E-state index in [4.69, 9.17) is 5.73 Å². The highest BCUT2D eigenvalue weighted by Crippen LogP contribution is 2.15. The average molecular weight is 250 g/mol. The van der Waals surface area contributed by atoms with Crippen molar-refractivity contribution in [3.63, 3.8) is 0 Å². The van der Waals surface area contributed by atoms with Crippen molar-refractivity contribution in [2.24, 2.45) is 5.73 Å². The van der Waals surface area contributed by atoms with E-state index in [0.29, 0.717) is 18.1 Å². The summed E-state index contributed by atoms with van der Waals surface area (Å²) in [5.74, 6) is 0.571. The molecule has 0 saturated carbocycles. The van der Waals surface area contributed by atoms with E-state index in [1.54, 1.807) is 0 Å². The van der Waals surface area contributed by atoms with Gasteiger partial charge in [0.15, 0.2) is 5.65 Å². The minimum Gasteiger partial charge on any atom is -0.340 e. The molecule has 3 heterocycles. The van der Waals surface area contributed by atoms with Crippen molar-refractivity contribution in [2.45, 2.75) is 18.9 Å². The number of nitrogens with two attached hydrogens (primary N) is 1. The summed E-state index contributed by atoms with van der Waals surface area (Å²) in [4.78, 5) is 31.2. The van der Waals surface area contributed by atoms with Gasteiger partial charge < -0.3 is 10.6 Å². The van der Waals surface area contributed by atoms with Crippen LogP contribution in [0.3, 0.4) is 0 Å². The standard InChI is InChI=1S/C10H14N6O2/c11-6-2-1-3-15(5-6)9-12-7-4-8(17)13-10(18)16(7)14-9/h4,6H,1-3,5,11H2,(H,12,14)(H,13,17,18). The number of hydrogen-bond acceptors (Lipinski definition) is 5. The van der Waals surface area contributed by atoms with Gasteiger partial charge in [0, 0.05) is 25.2 Å². The third-order valence-electron chi connectivity index (χ3n) is 3.11. The minimum atomic E-state index is -0.516. The number of fused-ring (bicyclic) bond motifs is 1. The van der Waals surface area contributed by atoms with Crippen LogP contribution in [0.5, 0.6) is 0 Å². The highest BCUT2D eigenvalue weighted by molar-refractivity contribution is 5.43. The van der Waals surface area contributed by atoms with Crippen LogP contribution >= 0.6 is 0 Å². The molecule has 8 heteroatoms. The number of aromatic amines is 2. The van der Waals surface area contributed by atoms with Crippen molar-refractivity contribution in [2.75, 3.05) is 18.0 Å². The number of piperidine rings is 1. The quantitative estimate of drug-likeness (QED) is 0.578. The molecule has 1 atom stereocenters. The van der Waals surface area contributed by atoms with Gasteiger partial charge in [0.25, 0.3) is 5.56 Å². The van der Waals surface area contributed by atoms with Crippen LogP contribution in [0.1, 0.15) is 12.8 Å². The molecule has 1 aliphatic heterocycles. The fourth-order valence-corrected chi connectivity index (χ4v) is 2.25. The largest absolute Gasteiger partial charge is 0.349 e. The molecule has 1 unspecified atom stereocenters. The van der Waals surface area contributed by atoms with Crippen molar-refractivity contribution in [1.82, 2.24) is 19.6 Å². The van der Waals surface area contributed by atoms with E-state index >= 15 is 0 Å². The molecule has 1 saturated heterocycles. The van der Waals surface area contributed by atoms with Crippen LogP contribution in [0.2, 0.25) is 0 Å². The fourth-order valence-electron chi connectivity index (χ4n) is 2.25. The molecule has 2 aromatic heterocycles. The lowest BCUT2D eigenvalue weighted by molar-refractivity contribution is 0.499. The number of H-pyrrole nitrogens is 2. The van der Waals surface area contributed by atoms with Crippen LogP contribution in [0.4, 0.5) is 5.95 Å². The molecule has 96 valence electrons. The molecule has 8 nitrogen and oxygen atoms in total. The summed E-state index contributed by atoms with van der Waals surface area (Å²) in [6.45, 7) is 1.54. The van der Waals surface area contributed by atoms with Crippen LogP contribution in [0.25, 0.3) is 5.65 Å². The fraction of sp³-hybridized carbons (Fsp3) is 0.500. The summed E-state index contributed by atoms with van der Waals surface area (Å²) >= 11 is 0. The molecule has 18 heavy (non-hydrogen) atoms. The Morgan fingerprint density at radius 3 is 3.06 bits per heavy atom. The lowest BCUT2D eigenvalue weighted by Crippen LogP contribution is -2.43. The Balaban J connectivity index is 2.05. The zero-order valence-corrected chi connectivity index (χ0v) is 9.72. The molecule has 0 amide bonds. The first kappa shape index (κ1) is 11.0. The molecule has 0 radical (unpaired) electrons. The molecule has 3 rings (SSSR count). The lowest BCUT2D eigenvalue weighted by atomic mass is 10.1. The van der Waals surface area contributed by atoms with Crippen molar-refractivity contribution < 1.29 is 0 Å². The molecular formula is C10H14N6O2. The van der Waals surface area contributed by atoms with Crippen LogP contribution < -0.4 is 21.9 Å². The van der Waals surface area contributed by atoms with Gasteiger partial charge in [-0.05, 0) is 12.8 Å². The predicted octanol–water partition coefficient (Wildman–Crippen LogP) is -1.36. The Hall–Kier alpha value is -2.09. The second-order valence-electron chi connectivity index (χ2n) is 4.53. The SMILES string of the molecule is NC1CCCN(c2nc3cc(=O)[nH]c(=O)n3[nH]2)C1. The number of rotatable bonds is 1. The van der Waals surface area contributed by atoms with Crippen molar-refractivity contribution >= 4 is 11.6 Å². The Kier molecular flexibility index (Phi) is 2.44. The second-order valence-corrected chi connectivity index (χ2v) is 4.53. The zero-order chi connectivity index (χ0) is 12.7. The molecule has 0 aliphatic carbocycles. The lowest BCUT2D eigenvalue weighted by Gasteiger charge is -2.29. The normalized spacial score (nSPS) is 20.5. The molecule has 4 N–H and O–H groups in total. The van der Waals surface area contributed by atoms with Gasteiger partial charge in [-0.1, -0.05) is 0 Å². The van der Waals surface area contributed by atoms with E-state index in [2.05, 4.69) is 15.1 Å². The van der Waals surface area contributed by atoms with Crippen molar-refractivity contribution in [3.8, 4) is 0 Å². The van der Waals surface area contributed by atoms with Gasteiger partial charge in [0.2, 0.25) is 5.95 Å². The van der Waals surface area contributed by atoms with Gasteiger partial charge >= 0.3 is 5.69 Å². The maximum atomic E-state index is 11.6. The molecule has 1 fully saturated rings. The summed E-state index contributed by atoms with van der Waals surface area (Å²) in [5, 5.41) is 2.87. The third-order valence-corrected chi connectivity index (χ3v) is 3.11. The van der Waals surface area contributed by atoms with E-state index in [9.17, 15) is 9.59 Å². The topological polar surface area (TPSA) is 112 Å². The molecular weight excluding hydrogens is 236 g/mol. The van der Waals surface area contributed by atoms with Crippen LogP contribution in [-0.2, 0) is 0 Å². The Morgan fingerprint density at radius 2 is 2.28 bits per heavy atom. The molecule has 2 aromatic rings. The number of hydrogen-bond donors (Lipinski definition) is 3. The summed E-state index contributed by atoms with van der Waals surface area (Å²) in [6, 6.07) is 1.40. The van der Waals surface area contributed by atoms with Crippen LogP contribution in [-0.4, -0.2) is 38.7 Å². The summed E-state index contributed by atoms with van der Waals surface area (Å²) in [5.41, 5.74) is 5.25. The molecule has 0 spiro atoms. The first-order chi connectivity index (χ1) is 8.63. The summed E-state index contributed by atoms with van der Waals surface area (Å²) < 4.78 is 1.22. The summed E-state index contributed by atoms with van der Waals surface area (Å²) in [7, 11) is 0. The van der Waals surface area contributed by atoms with E-state index in [1.807, 2.05) is 4.90 Å². The van der Waals surface area contributed by atoms with Gasteiger partial charge in [0.1, 0.15) is 0 Å². The zero-order valence-electron chi connectivity index (χ0n) is 9.72. The van der Waals surface area contributed by atoms with Crippen molar-refractivity contribution in [3.05, 3.63) is 26.9 Å². The third kappa shape index (κ3) is 1.80. The summed E-state index contributed by atoms with van der Waals surface area (Å²) in [6.07, 6.45) is 1.99. The highest BCUT2D eigenvalue weighted by atomic mass is 16.2. The van der Waals surface area contributed by atoms with E-state index < -0.39 is 11.2 Å². The first-order valence-corrected chi connectivity index (χ1v) is 5.86. The smallest absolute Gasteiger partial charge is 0.340 e. The maximum absolute atomic E-state index is 11.6. The number of aromatic nitrogens is 4. The van der Waals surface area contributed by atoms with Gasteiger partial charge in [-0.2, -0.15) is 9.50 Å². The van der Waals surface area contributed by atoms with Crippen molar-refractivity contribution in [1.29, 1.82) is 0 Å². The number of anilines is 1. The first-order valence-electron chi connectivity index (χ1n) is 5.86. The molecule has 0 bridgehead atoms. The molecule has 1 aliphatic rings. The van der Waals surface area contributed by atoms with E-state index in [1.165, 1.54) is 10.6 Å². The van der Waals surface area contributed by atoms with Crippen LogP contribution in [0, 0.1) is 0 Å². The Bertz CT molecular complexity index is 683. The molecule has 0 aromatic carbocycles. The monoisotopic (exact) mass is 250 g/mol. The van der Waals surface area contributed by atoms with Gasteiger partial charge in [-0.15, -0.1) is 0 Å². The highest BCUT2D eigenvalue weighted by Gasteiger charge is 2.19. The second kappa shape index (κ2) is 3.98. The van der Waals surface area contributed by atoms with Gasteiger partial charge in [-0.25, -0.2) is 4.79 Å². The average Bonchev–Trinajstić information content (AvgIpc) is 2.73. The number of nitrogens with one attached hydrogen (secondary N) is 2. The van der Waals surface area contributed by atoms with E-state index in [0.717, 1.165) is 19.4 Å². The Labute approximate surface area is 101 Å². The Morgan fingerprint density at radius 1 is 1.44 bits per heavy atom. The van der Waals surface area contributed by atoms with Gasteiger partial charge in [0.05, 0.1) is 0 Å². The number of nitrogens with zero attached hydrogens (tertiary/aromatic N) is 3. The minimum absolute atomic E-state index is 0.116. The maximum Gasteiger partial charge on any atom is 0.349 e.